The number of thioether (sulfide) groups is 1. The lowest BCUT2D eigenvalue weighted by atomic mass is 9.94. The molecular formula is C17H18N2S. The molecular weight excluding hydrogens is 264 g/mol. The molecule has 20 heavy (non-hydrogen) atoms. The van der Waals surface area contributed by atoms with Crippen LogP contribution in [-0.4, -0.2) is 36.3 Å². The maximum atomic E-state index is 4.29. The van der Waals surface area contributed by atoms with Gasteiger partial charge in [-0.2, -0.15) is 0 Å². The van der Waals surface area contributed by atoms with Gasteiger partial charge in [0.05, 0.1) is 0 Å². The Labute approximate surface area is 124 Å². The Kier molecular flexibility index (Phi) is 3.90. The summed E-state index contributed by atoms with van der Waals surface area (Å²) in [6.07, 6.45) is 3.80. The Balaban J connectivity index is 2.17. The summed E-state index contributed by atoms with van der Waals surface area (Å²) in [5.74, 6) is 1.05. The molecule has 0 spiro atoms. The fourth-order valence-electron chi connectivity index (χ4n) is 2.60. The zero-order valence-electron chi connectivity index (χ0n) is 11.8. The van der Waals surface area contributed by atoms with Crippen LogP contribution in [0, 0.1) is 0 Å². The van der Waals surface area contributed by atoms with E-state index in [0.29, 0.717) is 0 Å². The second kappa shape index (κ2) is 5.81. The Morgan fingerprint density at radius 1 is 1.15 bits per heavy atom. The van der Waals surface area contributed by atoms with Crippen LogP contribution >= 0.6 is 11.8 Å². The number of nitrogens with zero attached hydrogens (tertiary/aromatic N) is 2. The maximum absolute atomic E-state index is 4.29. The van der Waals surface area contributed by atoms with Crippen molar-refractivity contribution in [2.24, 2.45) is 0 Å². The first-order valence-corrected chi connectivity index (χ1v) is 7.73. The fraction of sp³-hybridized carbons (Fsp3) is 0.235. The topological polar surface area (TPSA) is 16.1 Å². The highest BCUT2D eigenvalue weighted by Crippen LogP contribution is 2.40. The van der Waals surface area contributed by atoms with Crippen molar-refractivity contribution in [3.8, 4) is 0 Å². The molecule has 0 N–H and O–H groups in total. The second-order valence-electron chi connectivity index (χ2n) is 5.24. The van der Waals surface area contributed by atoms with Gasteiger partial charge in [0.15, 0.2) is 0 Å². The summed E-state index contributed by atoms with van der Waals surface area (Å²) in [6.45, 7) is 0.992. The highest BCUT2D eigenvalue weighted by atomic mass is 32.2. The number of aromatic nitrogens is 1. The summed E-state index contributed by atoms with van der Waals surface area (Å²) >= 11 is 1.93. The highest BCUT2D eigenvalue weighted by molar-refractivity contribution is 7.99. The molecule has 0 radical (unpaired) electrons. The number of fused-ring (bicyclic) bond motifs is 1. The average Bonchev–Trinajstić information content (AvgIpc) is 2.47. The van der Waals surface area contributed by atoms with Gasteiger partial charge in [0.2, 0.25) is 0 Å². The number of rotatable bonds is 3. The molecule has 0 bridgehead atoms. The van der Waals surface area contributed by atoms with Crippen molar-refractivity contribution in [3.63, 3.8) is 0 Å². The monoisotopic (exact) mass is 282 g/mol. The molecule has 2 heterocycles. The molecule has 102 valence electrons. The number of pyridine rings is 1. The van der Waals surface area contributed by atoms with Gasteiger partial charge in [-0.15, -0.1) is 11.8 Å². The average molecular weight is 282 g/mol. The first-order chi connectivity index (χ1) is 9.75. The second-order valence-corrected chi connectivity index (χ2v) is 6.26. The van der Waals surface area contributed by atoms with Gasteiger partial charge < -0.3 is 4.90 Å². The third kappa shape index (κ3) is 2.65. The third-order valence-electron chi connectivity index (χ3n) is 3.37. The predicted molar refractivity (Wildman–Crippen MR) is 86.0 cm³/mol. The molecule has 3 heteroatoms. The van der Waals surface area contributed by atoms with E-state index >= 15 is 0 Å². The highest BCUT2D eigenvalue weighted by Gasteiger charge is 2.20. The van der Waals surface area contributed by atoms with E-state index in [1.165, 1.54) is 27.2 Å². The molecule has 2 nitrogen and oxygen atoms in total. The molecule has 0 amide bonds. The van der Waals surface area contributed by atoms with E-state index in [1.54, 1.807) is 0 Å². The Morgan fingerprint density at radius 3 is 2.75 bits per heavy atom. The van der Waals surface area contributed by atoms with Crippen LogP contribution in [0.3, 0.4) is 0 Å². The quantitative estimate of drug-likeness (QED) is 0.856. The van der Waals surface area contributed by atoms with Crippen LogP contribution in [0.4, 0.5) is 0 Å². The van der Waals surface area contributed by atoms with Crippen molar-refractivity contribution in [1.29, 1.82) is 0 Å². The van der Waals surface area contributed by atoms with Crippen LogP contribution in [0.2, 0.25) is 0 Å². The Morgan fingerprint density at radius 2 is 2.00 bits per heavy atom. The molecule has 1 aromatic carbocycles. The number of hydrogen-bond acceptors (Lipinski definition) is 3. The van der Waals surface area contributed by atoms with E-state index in [4.69, 9.17) is 0 Å². The smallest absolute Gasteiger partial charge is 0.0346 e. The van der Waals surface area contributed by atoms with Gasteiger partial charge in [0.1, 0.15) is 0 Å². The number of hydrogen-bond donors (Lipinski definition) is 0. The first kappa shape index (κ1) is 13.4. The fourth-order valence-corrected chi connectivity index (χ4v) is 3.67. The summed E-state index contributed by atoms with van der Waals surface area (Å²) < 4.78 is 0. The van der Waals surface area contributed by atoms with Crippen LogP contribution in [0.15, 0.2) is 59.3 Å². The van der Waals surface area contributed by atoms with Crippen LogP contribution in [0.5, 0.6) is 0 Å². The molecule has 0 unspecified atom stereocenters. The van der Waals surface area contributed by atoms with Crippen LogP contribution in [0.25, 0.3) is 5.57 Å². The van der Waals surface area contributed by atoms with E-state index in [9.17, 15) is 0 Å². The van der Waals surface area contributed by atoms with Gasteiger partial charge in [-0.3, -0.25) is 4.98 Å². The SMILES string of the molecule is CN(C)CC1=C(c2cccnc2)c2ccccc2SC1. The molecule has 0 saturated heterocycles. The molecule has 0 saturated carbocycles. The van der Waals surface area contributed by atoms with Crippen LogP contribution in [-0.2, 0) is 0 Å². The summed E-state index contributed by atoms with van der Waals surface area (Å²) in [5, 5.41) is 0. The predicted octanol–water partition coefficient (Wildman–Crippen LogP) is 3.55. The van der Waals surface area contributed by atoms with Gasteiger partial charge in [-0.25, -0.2) is 0 Å². The summed E-state index contributed by atoms with van der Waals surface area (Å²) in [6, 6.07) is 12.8. The van der Waals surface area contributed by atoms with Gasteiger partial charge in [0.25, 0.3) is 0 Å². The molecule has 0 atom stereocenters. The van der Waals surface area contributed by atoms with Crippen molar-refractivity contribution < 1.29 is 0 Å². The van der Waals surface area contributed by atoms with Crippen molar-refractivity contribution in [2.75, 3.05) is 26.4 Å². The summed E-state index contributed by atoms with van der Waals surface area (Å²) in [5.41, 5.74) is 5.40. The minimum Gasteiger partial charge on any atom is -0.305 e. The number of likely N-dealkylation sites (N-methyl/N-ethyl adjacent to an activating group) is 1. The molecule has 2 aromatic rings. The minimum atomic E-state index is 0.992. The first-order valence-electron chi connectivity index (χ1n) is 6.75. The lowest BCUT2D eigenvalue weighted by molar-refractivity contribution is 0.446. The standard InChI is InChI=1S/C17H18N2S/c1-19(2)11-14-12-20-16-8-4-3-7-15(16)17(14)13-6-5-9-18-10-13/h3-10H,11-12H2,1-2H3. The normalized spacial score (nSPS) is 14.6. The molecule has 3 rings (SSSR count). The third-order valence-corrected chi connectivity index (χ3v) is 4.53. The molecule has 1 aliphatic rings. The van der Waals surface area contributed by atoms with Crippen molar-refractivity contribution in [1.82, 2.24) is 9.88 Å². The zero-order chi connectivity index (χ0) is 13.9. The largest absolute Gasteiger partial charge is 0.305 e. The van der Waals surface area contributed by atoms with E-state index in [-0.39, 0.29) is 0 Å². The van der Waals surface area contributed by atoms with E-state index in [2.05, 4.69) is 54.3 Å². The van der Waals surface area contributed by atoms with Gasteiger partial charge in [-0.1, -0.05) is 24.3 Å². The van der Waals surface area contributed by atoms with Crippen molar-refractivity contribution in [2.45, 2.75) is 4.90 Å². The zero-order valence-corrected chi connectivity index (χ0v) is 12.7. The molecule has 0 aliphatic carbocycles. The minimum absolute atomic E-state index is 0.992. The molecule has 0 fully saturated rings. The Bertz CT molecular complexity index is 632. The van der Waals surface area contributed by atoms with Crippen LogP contribution in [0.1, 0.15) is 11.1 Å². The van der Waals surface area contributed by atoms with Gasteiger partial charge in [-0.05, 0) is 42.9 Å². The molecule has 1 aliphatic heterocycles. The van der Waals surface area contributed by atoms with Crippen molar-refractivity contribution in [3.05, 3.63) is 65.5 Å². The molecule has 1 aromatic heterocycles. The van der Waals surface area contributed by atoms with E-state index < -0.39 is 0 Å². The van der Waals surface area contributed by atoms with E-state index in [0.717, 1.165) is 12.3 Å². The van der Waals surface area contributed by atoms with Gasteiger partial charge in [0, 0.05) is 35.2 Å². The summed E-state index contributed by atoms with van der Waals surface area (Å²) in [7, 11) is 4.25. The van der Waals surface area contributed by atoms with Crippen LogP contribution < -0.4 is 0 Å². The number of benzene rings is 1. The lowest BCUT2D eigenvalue weighted by Crippen LogP contribution is -2.19. The lowest BCUT2D eigenvalue weighted by Gasteiger charge is -2.25. The van der Waals surface area contributed by atoms with Gasteiger partial charge >= 0.3 is 0 Å². The van der Waals surface area contributed by atoms with Crippen molar-refractivity contribution >= 4 is 17.3 Å². The maximum Gasteiger partial charge on any atom is 0.0346 e. The van der Waals surface area contributed by atoms with E-state index in [1.807, 2.05) is 30.2 Å². The Hall–Kier alpha value is -1.58. The summed E-state index contributed by atoms with van der Waals surface area (Å²) in [4.78, 5) is 7.90.